The number of piperazine rings is 1. The van der Waals surface area contributed by atoms with Gasteiger partial charge in [-0.05, 0) is 12.1 Å². The number of terminal acetylenes is 1. The van der Waals surface area contributed by atoms with E-state index in [-0.39, 0.29) is 0 Å². The molecule has 2 nitrogen and oxygen atoms in total. The quantitative estimate of drug-likeness (QED) is 0.660. The van der Waals surface area contributed by atoms with E-state index in [0.29, 0.717) is 0 Å². The maximum Gasteiger partial charge on any atom is 0.0526 e. The van der Waals surface area contributed by atoms with Crippen LogP contribution in [-0.4, -0.2) is 26.2 Å². The standard InChI is InChI=1S/C12H14N2/c1-2-11-5-3-4-6-12(11)14-9-7-13-8-10-14/h1,3-6,13H,7-10H2. The van der Waals surface area contributed by atoms with Gasteiger partial charge in [-0.25, -0.2) is 0 Å². The van der Waals surface area contributed by atoms with E-state index in [0.717, 1.165) is 31.7 Å². The van der Waals surface area contributed by atoms with Crippen LogP contribution >= 0.6 is 0 Å². The van der Waals surface area contributed by atoms with Crippen molar-refractivity contribution in [3.8, 4) is 12.3 Å². The lowest BCUT2D eigenvalue weighted by Gasteiger charge is -2.30. The molecule has 0 unspecified atom stereocenters. The van der Waals surface area contributed by atoms with E-state index in [1.165, 1.54) is 5.69 Å². The number of nitrogens with zero attached hydrogens (tertiary/aromatic N) is 1. The molecular weight excluding hydrogens is 172 g/mol. The highest BCUT2D eigenvalue weighted by molar-refractivity contribution is 5.60. The average molecular weight is 186 g/mol. The summed E-state index contributed by atoms with van der Waals surface area (Å²) in [7, 11) is 0. The molecule has 1 aromatic rings. The van der Waals surface area contributed by atoms with Crippen LogP contribution in [0, 0.1) is 12.3 Å². The Kier molecular flexibility index (Phi) is 2.71. The molecular formula is C12H14N2. The number of para-hydroxylation sites is 1. The Hall–Kier alpha value is -1.46. The summed E-state index contributed by atoms with van der Waals surface area (Å²) in [5.41, 5.74) is 2.19. The first kappa shape index (κ1) is 9.11. The monoisotopic (exact) mass is 186 g/mol. The van der Waals surface area contributed by atoms with Gasteiger partial charge in [-0.3, -0.25) is 0 Å². The van der Waals surface area contributed by atoms with Crippen LogP contribution in [0.2, 0.25) is 0 Å². The van der Waals surface area contributed by atoms with Crippen LogP contribution in [0.4, 0.5) is 5.69 Å². The Labute approximate surface area is 84.9 Å². The van der Waals surface area contributed by atoms with Crippen molar-refractivity contribution in [1.82, 2.24) is 5.32 Å². The first-order chi connectivity index (χ1) is 6.92. The molecule has 0 aromatic heterocycles. The first-order valence-corrected chi connectivity index (χ1v) is 4.93. The topological polar surface area (TPSA) is 15.3 Å². The van der Waals surface area contributed by atoms with Crippen LogP contribution in [0.1, 0.15) is 5.56 Å². The summed E-state index contributed by atoms with van der Waals surface area (Å²) < 4.78 is 0. The molecule has 1 heterocycles. The first-order valence-electron chi connectivity index (χ1n) is 4.93. The van der Waals surface area contributed by atoms with Gasteiger partial charge < -0.3 is 10.2 Å². The molecule has 1 aliphatic rings. The Balaban J connectivity index is 2.26. The van der Waals surface area contributed by atoms with Gasteiger partial charge in [0.05, 0.1) is 5.69 Å². The zero-order chi connectivity index (χ0) is 9.80. The molecule has 0 amide bonds. The van der Waals surface area contributed by atoms with Crippen molar-refractivity contribution >= 4 is 5.69 Å². The van der Waals surface area contributed by atoms with Crippen molar-refractivity contribution in [2.24, 2.45) is 0 Å². The van der Waals surface area contributed by atoms with Crippen LogP contribution in [0.3, 0.4) is 0 Å². The van der Waals surface area contributed by atoms with Crippen molar-refractivity contribution in [2.45, 2.75) is 0 Å². The molecule has 2 heteroatoms. The molecule has 2 rings (SSSR count). The molecule has 0 radical (unpaired) electrons. The lowest BCUT2D eigenvalue weighted by Crippen LogP contribution is -2.43. The molecule has 72 valence electrons. The zero-order valence-electron chi connectivity index (χ0n) is 8.16. The van der Waals surface area contributed by atoms with Gasteiger partial charge in [-0.15, -0.1) is 6.42 Å². The molecule has 1 N–H and O–H groups in total. The largest absolute Gasteiger partial charge is 0.368 e. The summed E-state index contributed by atoms with van der Waals surface area (Å²) in [5.74, 6) is 2.73. The predicted octanol–water partition coefficient (Wildman–Crippen LogP) is 1.08. The Morgan fingerprint density at radius 2 is 1.93 bits per heavy atom. The van der Waals surface area contributed by atoms with Crippen LogP contribution in [0.5, 0.6) is 0 Å². The third kappa shape index (κ3) is 1.73. The molecule has 0 bridgehead atoms. The number of nitrogens with one attached hydrogen (secondary N) is 1. The zero-order valence-corrected chi connectivity index (χ0v) is 8.16. The highest BCUT2D eigenvalue weighted by Crippen LogP contribution is 2.19. The van der Waals surface area contributed by atoms with Gasteiger partial charge in [0.25, 0.3) is 0 Å². The fourth-order valence-corrected chi connectivity index (χ4v) is 1.78. The number of anilines is 1. The molecule has 1 saturated heterocycles. The van der Waals surface area contributed by atoms with Gasteiger partial charge in [-0.2, -0.15) is 0 Å². The van der Waals surface area contributed by atoms with E-state index in [1.807, 2.05) is 18.2 Å². The minimum Gasteiger partial charge on any atom is -0.368 e. The van der Waals surface area contributed by atoms with Crippen LogP contribution in [0.25, 0.3) is 0 Å². The van der Waals surface area contributed by atoms with E-state index < -0.39 is 0 Å². The van der Waals surface area contributed by atoms with E-state index in [1.54, 1.807) is 0 Å². The highest BCUT2D eigenvalue weighted by Gasteiger charge is 2.12. The smallest absolute Gasteiger partial charge is 0.0526 e. The van der Waals surface area contributed by atoms with Gasteiger partial charge >= 0.3 is 0 Å². The predicted molar refractivity (Wildman–Crippen MR) is 59.5 cm³/mol. The second kappa shape index (κ2) is 4.17. The number of hydrogen-bond acceptors (Lipinski definition) is 2. The Morgan fingerprint density at radius 3 is 2.64 bits per heavy atom. The lowest BCUT2D eigenvalue weighted by atomic mass is 10.1. The lowest BCUT2D eigenvalue weighted by molar-refractivity contribution is 0.589. The number of hydrogen-bond donors (Lipinski definition) is 1. The maximum absolute atomic E-state index is 5.47. The molecule has 0 atom stereocenters. The van der Waals surface area contributed by atoms with Gasteiger partial charge in [0.2, 0.25) is 0 Å². The van der Waals surface area contributed by atoms with Crippen molar-refractivity contribution in [2.75, 3.05) is 31.1 Å². The van der Waals surface area contributed by atoms with E-state index in [9.17, 15) is 0 Å². The maximum atomic E-state index is 5.47. The number of benzene rings is 1. The molecule has 0 aliphatic carbocycles. The minimum absolute atomic E-state index is 0.995. The summed E-state index contributed by atoms with van der Waals surface area (Å²) >= 11 is 0. The Morgan fingerprint density at radius 1 is 1.21 bits per heavy atom. The molecule has 1 aliphatic heterocycles. The third-order valence-corrected chi connectivity index (χ3v) is 2.52. The highest BCUT2D eigenvalue weighted by atomic mass is 15.2. The molecule has 1 aromatic carbocycles. The van der Waals surface area contributed by atoms with Crippen LogP contribution < -0.4 is 10.2 Å². The summed E-state index contributed by atoms with van der Waals surface area (Å²) in [4.78, 5) is 2.34. The van der Waals surface area contributed by atoms with Gasteiger partial charge in [0.1, 0.15) is 0 Å². The summed E-state index contributed by atoms with van der Waals surface area (Å²) in [5, 5.41) is 3.33. The summed E-state index contributed by atoms with van der Waals surface area (Å²) in [6.07, 6.45) is 5.47. The third-order valence-electron chi connectivity index (χ3n) is 2.52. The van der Waals surface area contributed by atoms with Crippen molar-refractivity contribution in [3.63, 3.8) is 0 Å². The van der Waals surface area contributed by atoms with E-state index >= 15 is 0 Å². The second-order valence-corrected chi connectivity index (χ2v) is 3.40. The van der Waals surface area contributed by atoms with Crippen LogP contribution in [0.15, 0.2) is 24.3 Å². The van der Waals surface area contributed by atoms with Crippen LogP contribution in [-0.2, 0) is 0 Å². The van der Waals surface area contributed by atoms with E-state index in [2.05, 4.69) is 22.2 Å². The molecule has 0 saturated carbocycles. The number of rotatable bonds is 1. The van der Waals surface area contributed by atoms with Gasteiger partial charge in [0.15, 0.2) is 0 Å². The minimum atomic E-state index is 0.995. The normalized spacial score (nSPS) is 16.4. The summed E-state index contributed by atoms with van der Waals surface area (Å²) in [6, 6.07) is 8.12. The van der Waals surface area contributed by atoms with Gasteiger partial charge in [0, 0.05) is 31.7 Å². The summed E-state index contributed by atoms with van der Waals surface area (Å²) in [6.45, 7) is 4.16. The molecule has 0 spiro atoms. The molecule has 14 heavy (non-hydrogen) atoms. The van der Waals surface area contributed by atoms with E-state index in [4.69, 9.17) is 6.42 Å². The van der Waals surface area contributed by atoms with Crippen molar-refractivity contribution in [1.29, 1.82) is 0 Å². The second-order valence-electron chi connectivity index (χ2n) is 3.40. The molecule has 1 fully saturated rings. The SMILES string of the molecule is C#Cc1ccccc1N1CCNCC1. The Bertz CT molecular complexity index is 346. The average Bonchev–Trinajstić information content (AvgIpc) is 2.30. The van der Waals surface area contributed by atoms with Crippen molar-refractivity contribution in [3.05, 3.63) is 29.8 Å². The fourth-order valence-electron chi connectivity index (χ4n) is 1.78. The fraction of sp³-hybridized carbons (Fsp3) is 0.333. The van der Waals surface area contributed by atoms with Crippen molar-refractivity contribution < 1.29 is 0 Å². The van der Waals surface area contributed by atoms with Gasteiger partial charge in [-0.1, -0.05) is 18.1 Å².